The molecule has 1 aromatic heterocycles. The predicted octanol–water partition coefficient (Wildman–Crippen LogP) is 2.87. The second-order valence-electron chi connectivity index (χ2n) is 5.94. The van der Waals surface area contributed by atoms with Crippen molar-refractivity contribution < 1.29 is 23.1 Å². The van der Waals surface area contributed by atoms with E-state index in [0.717, 1.165) is 11.8 Å². The van der Waals surface area contributed by atoms with Crippen LogP contribution in [0.2, 0.25) is 0 Å². The monoisotopic (exact) mass is 413 g/mol. The summed E-state index contributed by atoms with van der Waals surface area (Å²) < 4.78 is 39.6. The largest absolute Gasteiger partial charge is 0.421 e. The molecule has 2 heterocycles. The molecule has 1 amide bonds. The van der Waals surface area contributed by atoms with Crippen LogP contribution in [0.25, 0.3) is 0 Å². The molecular formula is C17H18F3N5O2S. The van der Waals surface area contributed by atoms with Crippen LogP contribution in [-0.4, -0.2) is 45.6 Å². The molecule has 0 bridgehead atoms. The van der Waals surface area contributed by atoms with Crippen LogP contribution in [0.5, 0.6) is 0 Å². The standard InChI is InChI=1S/C17H18F3N5O2S/c18-17(19,20)12-9-22-16(25-15(12)21-3-5-28-6-4-26)23-11-1-2-13-10(7-11)8-14(27)24-13/h1-2,7,9,26H,3-6,8H2,(H,24,27)(H2,21,22,23,25). The number of aliphatic hydroxyl groups is 1. The maximum absolute atomic E-state index is 13.2. The molecule has 0 unspecified atom stereocenters. The minimum Gasteiger partial charge on any atom is -0.396 e. The summed E-state index contributed by atoms with van der Waals surface area (Å²) >= 11 is 1.42. The van der Waals surface area contributed by atoms with Crippen molar-refractivity contribution in [3.05, 3.63) is 35.5 Å². The fraction of sp³-hybridized carbons (Fsp3) is 0.353. The number of halogens is 3. The van der Waals surface area contributed by atoms with Crippen LogP contribution in [0, 0.1) is 0 Å². The van der Waals surface area contributed by atoms with Gasteiger partial charge in [-0.25, -0.2) is 4.98 Å². The summed E-state index contributed by atoms with van der Waals surface area (Å²) in [7, 11) is 0. The Morgan fingerprint density at radius 1 is 1.29 bits per heavy atom. The quantitative estimate of drug-likeness (QED) is 0.494. The highest BCUT2D eigenvalue weighted by molar-refractivity contribution is 7.99. The second-order valence-corrected chi connectivity index (χ2v) is 7.16. The molecule has 1 aliphatic heterocycles. The van der Waals surface area contributed by atoms with Gasteiger partial charge in [-0.2, -0.15) is 29.9 Å². The molecule has 0 aliphatic carbocycles. The van der Waals surface area contributed by atoms with E-state index in [0.29, 0.717) is 22.9 Å². The normalized spacial score (nSPS) is 13.2. The van der Waals surface area contributed by atoms with Gasteiger partial charge in [0.1, 0.15) is 11.4 Å². The Morgan fingerprint density at radius 3 is 2.86 bits per heavy atom. The van der Waals surface area contributed by atoms with Crippen LogP contribution in [0.1, 0.15) is 11.1 Å². The topological polar surface area (TPSA) is 99.2 Å². The molecule has 4 N–H and O–H groups in total. The van der Waals surface area contributed by atoms with Gasteiger partial charge in [0.25, 0.3) is 0 Å². The zero-order chi connectivity index (χ0) is 20.1. The number of carbonyl (C=O) groups is 1. The first-order valence-corrected chi connectivity index (χ1v) is 9.59. The molecule has 0 spiro atoms. The lowest BCUT2D eigenvalue weighted by Crippen LogP contribution is -2.16. The summed E-state index contributed by atoms with van der Waals surface area (Å²) in [5, 5.41) is 17.0. The van der Waals surface area contributed by atoms with E-state index in [1.165, 1.54) is 11.8 Å². The van der Waals surface area contributed by atoms with Gasteiger partial charge >= 0.3 is 6.18 Å². The van der Waals surface area contributed by atoms with Gasteiger partial charge in [0.15, 0.2) is 0 Å². The third kappa shape index (κ3) is 5.04. The molecule has 1 aliphatic rings. The van der Waals surface area contributed by atoms with Crippen LogP contribution in [0.15, 0.2) is 24.4 Å². The third-order valence-electron chi connectivity index (χ3n) is 3.86. The van der Waals surface area contributed by atoms with Crippen molar-refractivity contribution in [2.45, 2.75) is 12.6 Å². The van der Waals surface area contributed by atoms with E-state index in [2.05, 4.69) is 25.9 Å². The molecule has 0 radical (unpaired) electrons. The highest BCUT2D eigenvalue weighted by Crippen LogP contribution is 2.34. The molecule has 28 heavy (non-hydrogen) atoms. The van der Waals surface area contributed by atoms with E-state index >= 15 is 0 Å². The summed E-state index contributed by atoms with van der Waals surface area (Å²) in [5.41, 5.74) is 1.13. The number of rotatable bonds is 8. The maximum Gasteiger partial charge on any atom is 0.421 e. The summed E-state index contributed by atoms with van der Waals surface area (Å²) in [6.07, 6.45) is -3.60. The van der Waals surface area contributed by atoms with Gasteiger partial charge < -0.3 is 21.1 Å². The number of hydrogen-bond acceptors (Lipinski definition) is 7. The Balaban J connectivity index is 1.75. The van der Waals surface area contributed by atoms with Crippen LogP contribution in [0.4, 0.5) is 36.3 Å². The minimum absolute atomic E-state index is 0.00995. The average molecular weight is 413 g/mol. The van der Waals surface area contributed by atoms with Crippen molar-refractivity contribution in [2.75, 3.05) is 40.6 Å². The Hall–Kier alpha value is -2.53. The van der Waals surface area contributed by atoms with Gasteiger partial charge in [-0.15, -0.1) is 0 Å². The van der Waals surface area contributed by atoms with E-state index < -0.39 is 11.7 Å². The lowest BCUT2D eigenvalue weighted by Gasteiger charge is -2.15. The molecule has 0 atom stereocenters. The van der Waals surface area contributed by atoms with Crippen molar-refractivity contribution >= 4 is 40.8 Å². The first-order valence-electron chi connectivity index (χ1n) is 8.43. The highest BCUT2D eigenvalue weighted by atomic mass is 32.2. The number of thioether (sulfide) groups is 1. The lowest BCUT2D eigenvalue weighted by molar-refractivity contribution is -0.137. The summed E-state index contributed by atoms with van der Waals surface area (Å²) in [4.78, 5) is 19.2. The van der Waals surface area contributed by atoms with Crippen molar-refractivity contribution in [3.8, 4) is 0 Å². The van der Waals surface area contributed by atoms with E-state index in [4.69, 9.17) is 5.11 Å². The Labute approximate surface area is 163 Å². The Morgan fingerprint density at radius 2 is 2.11 bits per heavy atom. The lowest BCUT2D eigenvalue weighted by atomic mass is 10.1. The van der Waals surface area contributed by atoms with Gasteiger partial charge in [0.05, 0.1) is 13.0 Å². The SMILES string of the molecule is O=C1Cc2cc(Nc3ncc(C(F)(F)F)c(NCCSCCO)n3)ccc2N1. The Kier molecular flexibility index (Phi) is 6.25. The molecular weight excluding hydrogens is 395 g/mol. The molecule has 3 rings (SSSR count). The zero-order valence-electron chi connectivity index (χ0n) is 14.6. The number of fused-ring (bicyclic) bond motifs is 1. The molecule has 0 fully saturated rings. The van der Waals surface area contributed by atoms with Crippen LogP contribution in [0.3, 0.4) is 0 Å². The van der Waals surface area contributed by atoms with Gasteiger partial charge in [-0.1, -0.05) is 0 Å². The van der Waals surface area contributed by atoms with Crippen molar-refractivity contribution in [1.82, 2.24) is 9.97 Å². The molecule has 0 saturated carbocycles. The van der Waals surface area contributed by atoms with Gasteiger partial charge in [-0.05, 0) is 23.8 Å². The first-order chi connectivity index (χ1) is 13.4. The zero-order valence-corrected chi connectivity index (χ0v) is 15.5. The van der Waals surface area contributed by atoms with E-state index in [1.54, 1.807) is 18.2 Å². The molecule has 7 nitrogen and oxygen atoms in total. The summed E-state index contributed by atoms with van der Waals surface area (Å²) in [6, 6.07) is 5.13. The molecule has 2 aromatic rings. The predicted molar refractivity (Wildman–Crippen MR) is 102 cm³/mol. The number of anilines is 4. The van der Waals surface area contributed by atoms with Crippen LogP contribution < -0.4 is 16.0 Å². The fourth-order valence-electron chi connectivity index (χ4n) is 2.63. The van der Waals surface area contributed by atoms with Gasteiger partial charge in [0.2, 0.25) is 11.9 Å². The molecule has 0 saturated heterocycles. The van der Waals surface area contributed by atoms with E-state index in [-0.39, 0.29) is 37.2 Å². The highest BCUT2D eigenvalue weighted by Gasteiger charge is 2.35. The number of alkyl halides is 3. The summed E-state index contributed by atoms with van der Waals surface area (Å²) in [5.74, 6) is 0.628. The third-order valence-corrected chi connectivity index (χ3v) is 4.82. The van der Waals surface area contributed by atoms with E-state index in [1.807, 2.05) is 0 Å². The average Bonchev–Trinajstić information content (AvgIpc) is 3.00. The van der Waals surface area contributed by atoms with E-state index in [9.17, 15) is 18.0 Å². The number of aliphatic hydroxyl groups excluding tert-OH is 1. The number of carbonyl (C=O) groups excluding carboxylic acids is 1. The molecule has 1 aromatic carbocycles. The fourth-order valence-corrected chi connectivity index (χ4v) is 3.21. The van der Waals surface area contributed by atoms with Crippen molar-refractivity contribution in [3.63, 3.8) is 0 Å². The number of nitrogens with one attached hydrogen (secondary N) is 3. The number of hydrogen-bond donors (Lipinski definition) is 4. The maximum atomic E-state index is 13.2. The Bertz CT molecular complexity index is 863. The van der Waals surface area contributed by atoms with Gasteiger partial charge in [0, 0.05) is 35.6 Å². The first kappa shape index (κ1) is 20.2. The number of amides is 1. The van der Waals surface area contributed by atoms with Crippen molar-refractivity contribution in [2.24, 2.45) is 0 Å². The smallest absolute Gasteiger partial charge is 0.396 e. The summed E-state index contributed by atoms with van der Waals surface area (Å²) in [6.45, 7) is 0.277. The number of nitrogens with zero attached hydrogens (tertiary/aromatic N) is 2. The van der Waals surface area contributed by atoms with Gasteiger partial charge in [-0.3, -0.25) is 4.79 Å². The van der Waals surface area contributed by atoms with Crippen LogP contribution in [-0.2, 0) is 17.4 Å². The van der Waals surface area contributed by atoms with Crippen LogP contribution >= 0.6 is 11.8 Å². The van der Waals surface area contributed by atoms with Crippen molar-refractivity contribution in [1.29, 1.82) is 0 Å². The molecule has 11 heteroatoms. The number of benzene rings is 1. The molecule has 150 valence electrons. The number of aromatic nitrogens is 2. The minimum atomic E-state index is -4.58. The second kappa shape index (κ2) is 8.65.